The Balaban J connectivity index is 1.01. The minimum absolute atomic E-state index is 0.0802. The van der Waals surface area contributed by atoms with Crippen molar-refractivity contribution in [1.82, 2.24) is 4.57 Å². The van der Waals surface area contributed by atoms with Crippen LogP contribution in [0, 0.1) is 0 Å². The van der Waals surface area contributed by atoms with Crippen molar-refractivity contribution in [2.45, 2.75) is 38.5 Å². The maximum absolute atomic E-state index is 2.51. The lowest BCUT2D eigenvalue weighted by molar-refractivity contribution is 0.660. The molecule has 0 bridgehead atoms. The highest BCUT2D eigenvalue weighted by Gasteiger charge is 2.36. The van der Waals surface area contributed by atoms with Gasteiger partial charge in [-0.25, -0.2) is 0 Å². The molecule has 0 amide bonds. The molecular formula is C68H49N. The van der Waals surface area contributed by atoms with E-state index in [1.165, 1.54) is 132 Å². The third-order valence-electron chi connectivity index (χ3n) is 16.0. The van der Waals surface area contributed by atoms with Crippen molar-refractivity contribution in [3.8, 4) is 72.4 Å². The Morgan fingerprint density at radius 1 is 0.261 bits per heavy atom. The standard InChI is InChI=1S/C68H49N/c1-67(2)59-25-15-13-21-49(59)51-32-27-46(39-61(51)67)44-29-35-63-56(37-44)57-38-45(47-28-33-52-50-22-14-16-26-60(50)68(3,4)62(52)40-47)30-36-64(57)69(63)48-31-34-55-58(41-48)66(43-19-9-6-10-20-43)54-24-12-11-23-53(54)65(55)42-17-7-5-8-18-42/h5-41H,1-4H3. The van der Waals surface area contributed by atoms with Crippen molar-refractivity contribution in [3.63, 3.8) is 0 Å². The Labute approximate surface area is 403 Å². The van der Waals surface area contributed by atoms with Crippen LogP contribution in [0.1, 0.15) is 49.9 Å². The molecule has 0 aliphatic heterocycles. The molecule has 0 spiro atoms. The fourth-order valence-electron chi connectivity index (χ4n) is 12.6. The summed E-state index contributed by atoms with van der Waals surface area (Å²) >= 11 is 0. The number of hydrogen-bond donors (Lipinski definition) is 0. The van der Waals surface area contributed by atoms with Gasteiger partial charge >= 0.3 is 0 Å². The van der Waals surface area contributed by atoms with Crippen molar-refractivity contribution >= 4 is 43.4 Å². The minimum Gasteiger partial charge on any atom is -0.309 e. The lowest BCUT2D eigenvalue weighted by Crippen LogP contribution is -2.14. The van der Waals surface area contributed by atoms with Crippen molar-refractivity contribution in [2.24, 2.45) is 0 Å². The van der Waals surface area contributed by atoms with E-state index in [0.717, 1.165) is 5.69 Å². The van der Waals surface area contributed by atoms with E-state index in [-0.39, 0.29) is 10.8 Å². The van der Waals surface area contributed by atoms with Crippen molar-refractivity contribution < 1.29 is 0 Å². The largest absolute Gasteiger partial charge is 0.309 e. The average Bonchev–Trinajstić information content (AvgIpc) is 3.93. The Hall–Kier alpha value is -8.26. The molecule has 1 nitrogen and oxygen atoms in total. The van der Waals surface area contributed by atoms with E-state index in [1.54, 1.807) is 0 Å². The first-order valence-electron chi connectivity index (χ1n) is 24.4. The number of rotatable bonds is 5. The predicted octanol–water partition coefficient (Wildman–Crippen LogP) is 18.4. The quantitative estimate of drug-likeness (QED) is 0.152. The van der Waals surface area contributed by atoms with Crippen LogP contribution in [-0.2, 0) is 10.8 Å². The SMILES string of the molecule is CC1(C)c2ccccc2-c2ccc(-c3ccc4c(c3)c3cc(-c5ccc6c(c5)C(C)(C)c5ccccc5-6)ccc3n4-c3ccc4c(-c5ccccc5)c5ccccc5c(-c5ccccc5)c4c3)cc21. The van der Waals surface area contributed by atoms with Crippen LogP contribution in [0.25, 0.3) is 116 Å². The number of hydrogen-bond acceptors (Lipinski definition) is 0. The van der Waals surface area contributed by atoms with E-state index in [9.17, 15) is 0 Å². The van der Waals surface area contributed by atoms with Crippen LogP contribution in [0.15, 0.2) is 224 Å². The summed E-state index contributed by atoms with van der Waals surface area (Å²) < 4.78 is 2.51. The molecule has 1 heterocycles. The number of benzene rings is 11. The van der Waals surface area contributed by atoms with Gasteiger partial charge in [0.15, 0.2) is 0 Å². The van der Waals surface area contributed by atoms with Crippen LogP contribution in [0.3, 0.4) is 0 Å². The van der Waals surface area contributed by atoms with Crippen LogP contribution in [0.2, 0.25) is 0 Å². The molecule has 0 atom stereocenters. The summed E-state index contributed by atoms with van der Waals surface area (Å²) in [5.41, 5.74) is 24.2. The third kappa shape index (κ3) is 5.77. The lowest BCUT2D eigenvalue weighted by Gasteiger charge is -2.22. The highest BCUT2D eigenvalue weighted by atomic mass is 15.0. The van der Waals surface area contributed by atoms with E-state index in [2.05, 4.69) is 257 Å². The minimum atomic E-state index is -0.0802. The molecule has 326 valence electrons. The Morgan fingerprint density at radius 2 is 0.652 bits per heavy atom. The fraction of sp³-hybridized carbons (Fsp3) is 0.0882. The van der Waals surface area contributed by atoms with Gasteiger partial charge in [-0.1, -0.05) is 204 Å². The smallest absolute Gasteiger partial charge is 0.0541 e. The molecule has 12 aromatic rings. The highest BCUT2D eigenvalue weighted by Crippen LogP contribution is 2.52. The summed E-state index contributed by atoms with van der Waals surface area (Å²) in [6, 6.07) is 84.4. The summed E-state index contributed by atoms with van der Waals surface area (Å²) in [7, 11) is 0. The molecule has 2 aliphatic rings. The molecule has 11 aromatic carbocycles. The first-order chi connectivity index (χ1) is 33.7. The zero-order valence-corrected chi connectivity index (χ0v) is 39.3. The number of aromatic nitrogens is 1. The highest BCUT2D eigenvalue weighted by molar-refractivity contribution is 6.22. The summed E-state index contributed by atoms with van der Waals surface area (Å²) in [5.74, 6) is 0. The molecule has 1 heteroatoms. The fourth-order valence-corrected chi connectivity index (χ4v) is 12.6. The second-order valence-electron chi connectivity index (χ2n) is 20.4. The molecule has 1 aromatic heterocycles. The van der Waals surface area contributed by atoms with E-state index >= 15 is 0 Å². The van der Waals surface area contributed by atoms with Crippen LogP contribution >= 0.6 is 0 Å². The maximum atomic E-state index is 2.51. The second-order valence-corrected chi connectivity index (χ2v) is 20.4. The van der Waals surface area contributed by atoms with Crippen molar-refractivity contribution in [2.75, 3.05) is 0 Å². The lowest BCUT2D eigenvalue weighted by atomic mass is 9.81. The van der Waals surface area contributed by atoms with Crippen LogP contribution in [0.5, 0.6) is 0 Å². The van der Waals surface area contributed by atoms with Crippen LogP contribution < -0.4 is 0 Å². The molecule has 2 aliphatic carbocycles. The molecule has 69 heavy (non-hydrogen) atoms. The molecule has 0 saturated carbocycles. The number of nitrogens with zero attached hydrogens (tertiary/aromatic N) is 1. The topological polar surface area (TPSA) is 4.93 Å². The normalized spacial score (nSPS) is 14.0. The van der Waals surface area contributed by atoms with Crippen molar-refractivity contribution in [1.29, 1.82) is 0 Å². The van der Waals surface area contributed by atoms with E-state index in [4.69, 9.17) is 0 Å². The molecule has 0 unspecified atom stereocenters. The third-order valence-corrected chi connectivity index (χ3v) is 16.0. The van der Waals surface area contributed by atoms with Gasteiger partial charge in [0, 0.05) is 27.3 Å². The Morgan fingerprint density at radius 3 is 1.16 bits per heavy atom. The Kier molecular flexibility index (Phi) is 8.45. The number of fused-ring (bicyclic) bond motifs is 11. The molecule has 0 fully saturated rings. The summed E-state index contributed by atoms with van der Waals surface area (Å²) in [5, 5.41) is 7.49. The monoisotopic (exact) mass is 879 g/mol. The zero-order valence-electron chi connectivity index (χ0n) is 39.3. The summed E-state index contributed by atoms with van der Waals surface area (Å²) in [6.45, 7) is 9.49. The Bertz CT molecular complexity index is 3940. The van der Waals surface area contributed by atoms with Gasteiger partial charge in [0.25, 0.3) is 0 Å². The van der Waals surface area contributed by atoms with Gasteiger partial charge in [-0.05, 0) is 159 Å². The molecule has 14 rings (SSSR count). The maximum Gasteiger partial charge on any atom is 0.0541 e. The molecular weight excluding hydrogens is 831 g/mol. The van der Waals surface area contributed by atoms with Gasteiger partial charge in [-0.3, -0.25) is 0 Å². The van der Waals surface area contributed by atoms with E-state index in [1.807, 2.05) is 0 Å². The molecule has 0 radical (unpaired) electrons. The first-order valence-corrected chi connectivity index (χ1v) is 24.4. The van der Waals surface area contributed by atoms with Crippen LogP contribution in [-0.4, -0.2) is 4.57 Å². The summed E-state index contributed by atoms with van der Waals surface area (Å²) in [4.78, 5) is 0. The van der Waals surface area contributed by atoms with Crippen molar-refractivity contribution in [3.05, 3.63) is 247 Å². The zero-order chi connectivity index (χ0) is 46.2. The van der Waals surface area contributed by atoms with Gasteiger partial charge in [-0.2, -0.15) is 0 Å². The van der Waals surface area contributed by atoms with Gasteiger partial charge in [-0.15, -0.1) is 0 Å². The van der Waals surface area contributed by atoms with E-state index < -0.39 is 0 Å². The van der Waals surface area contributed by atoms with Gasteiger partial charge in [0.05, 0.1) is 11.0 Å². The molecule has 0 N–H and O–H groups in total. The summed E-state index contributed by atoms with van der Waals surface area (Å²) in [6.07, 6.45) is 0. The predicted molar refractivity (Wildman–Crippen MR) is 293 cm³/mol. The molecule has 0 saturated heterocycles. The van der Waals surface area contributed by atoms with Crippen LogP contribution in [0.4, 0.5) is 0 Å². The van der Waals surface area contributed by atoms with E-state index in [0.29, 0.717) is 0 Å². The average molecular weight is 880 g/mol. The second kappa shape index (κ2) is 14.6. The van der Waals surface area contributed by atoms with Gasteiger partial charge < -0.3 is 4.57 Å². The van der Waals surface area contributed by atoms with Gasteiger partial charge in [0.2, 0.25) is 0 Å². The van der Waals surface area contributed by atoms with Gasteiger partial charge in [0.1, 0.15) is 0 Å². The first kappa shape index (κ1) is 39.9.